The number of benzene rings is 1. The van der Waals surface area contributed by atoms with E-state index in [1.54, 1.807) is 30.3 Å². The SMILES string of the molecule is C=CCC(N)(C(=O)OC)c1ccc(OCC)cc1. The quantitative estimate of drug-likeness (QED) is 0.618. The minimum atomic E-state index is -1.19. The van der Waals surface area contributed by atoms with Crippen LogP contribution in [-0.2, 0) is 15.1 Å². The zero-order chi connectivity index (χ0) is 13.6. The van der Waals surface area contributed by atoms with Crippen molar-refractivity contribution in [2.75, 3.05) is 13.7 Å². The van der Waals surface area contributed by atoms with Crippen molar-refractivity contribution in [2.45, 2.75) is 18.9 Å². The molecule has 0 fully saturated rings. The van der Waals surface area contributed by atoms with E-state index in [0.717, 1.165) is 5.75 Å². The third-order valence-electron chi connectivity index (χ3n) is 2.70. The maximum atomic E-state index is 11.8. The molecule has 0 heterocycles. The molecule has 0 bridgehead atoms. The fourth-order valence-corrected chi connectivity index (χ4v) is 1.74. The number of nitrogens with two attached hydrogens (primary N) is 1. The summed E-state index contributed by atoms with van der Waals surface area (Å²) < 4.78 is 10.1. The molecule has 0 spiro atoms. The number of esters is 1. The van der Waals surface area contributed by atoms with E-state index >= 15 is 0 Å². The summed E-state index contributed by atoms with van der Waals surface area (Å²) >= 11 is 0. The van der Waals surface area contributed by atoms with Crippen molar-refractivity contribution >= 4 is 5.97 Å². The van der Waals surface area contributed by atoms with Gasteiger partial charge in [0.1, 0.15) is 11.3 Å². The first-order valence-corrected chi connectivity index (χ1v) is 5.80. The summed E-state index contributed by atoms with van der Waals surface area (Å²) in [6.45, 7) is 6.13. The number of rotatable bonds is 6. The standard InChI is InChI=1S/C14H19NO3/c1-4-10-14(15,13(16)17-3)11-6-8-12(9-7-11)18-5-2/h4,6-9H,1,5,10,15H2,2-3H3. The van der Waals surface area contributed by atoms with Crippen molar-refractivity contribution in [3.05, 3.63) is 42.5 Å². The maximum absolute atomic E-state index is 11.8. The second kappa shape index (κ2) is 6.21. The summed E-state index contributed by atoms with van der Waals surface area (Å²) in [6.07, 6.45) is 1.92. The second-order valence-electron chi connectivity index (χ2n) is 3.91. The van der Waals surface area contributed by atoms with Gasteiger partial charge in [-0.05, 0) is 31.0 Å². The van der Waals surface area contributed by atoms with E-state index in [4.69, 9.17) is 15.2 Å². The number of methoxy groups -OCH3 is 1. The van der Waals surface area contributed by atoms with Crippen LogP contribution in [0.5, 0.6) is 5.75 Å². The molecule has 1 rings (SSSR count). The summed E-state index contributed by atoms with van der Waals surface area (Å²) in [5.41, 5.74) is 5.61. The van der Waals surface area contributed by atoms with Crippen LogP contribution in [0.4, 0.5) is 0 Å². The summed E-state index contributed by atoms with van der Waals surface area (Å²) in [7, 11) is 1.32. The van der Waals surface area contributed by atoms with Crippen LogP contribution in [0, 0.1) is 0 Å². The minimum absolute atomic E-state index is 0.313. The van der Waals surface area contributed by atoms with Crippen LogP contribution in [-0.4, -0.2) is 19.7 Å². The fourth-order valence-electron chi connectivity index (χ4n) is 1.74. The molecule has 0 aromatic heterocycles. The largest absolute Gasteiger partial charge is 0.494 e. The van der Waals surface area contributed by atoms with Crippen LogP contribution in [0.25, 0.3) is 0 Å². The third kappa shape index (κ3) is 2.90. The smallest absolute Gasteiger partial charge is 0.330 e. The van der Waals surface area contributed by atoms with Gasteiger partial charge in [0.2, 0.25) is 0 Å². The predicted octanol–water partition coefficient (Wildman–Crippen LogP) is 1.99. The van der Waals surface area contributed by atoms with Gasteiger partial charge in [-0.2, -0.15) is 0 Å². The Labute approximate surface area is 107 Å². The molecule has 0 radical (unpaired) electrons. The third-order valence-corrected chi connectivity index (χ3v) is 2.70. The van der Waals surface area contributed by atoms with Gasteiger partial charge in [0.25, 0.3) is 0 Å². The Hall–Kier alpha value is -1.81. The Balaban J connectivity index is 3.06. The van der Waals surface area contributed by atoms with E-state index in [2.05, 4.69) is 6.58 Å². The molecule has 0 aliphatic heterocycles. The van der Waals surface area contributed by atoms with Gasteiger partial charge in [-0.1, -0.05) is 18.2 Å². The molecule has 4 nitrogen and oxygen atoms in total. The van der Waals surface area contributed by atoms with Gasteiger partial charge in [-0.15, -0.1) is 6.58 Å². The average Bonchev–Trinajstić information content (AvgIpc) is 2.39. The highest BCUT2D eigenvalue weighted by atomic mass is 16.5. The van der Waals surface area contributed by atoms with E-state index in [1.807, 2.05) is 6.92 Å². The second-order valence-corrected chi connectivity index (χ2v) is 3.91. The van der Waals surface area contributed by atoms with Crippen LogP contribution < -0.4 is 10.5 Å². The average molecular weight is 249 g/mol. The normalized spacial score (nSPS) is 13.5. The zero-order valence-electron chi connectivity index (χ0n) is 10.8. The minimum Gasteiger partial charge on any atom is -0.494 e. The monoisotopic (exact) mass is 249 g/mol. The van der Waals surface area contributed by atoms with Gasteiger partial charge in [0.05, 0.1) is 13.7 Å². The summed E-state index contributed by atoms with van der Waals surface area (Å²) in [6, 6.07) is 7.11. The Morgan fingerprint density at radius 2 is 2.06 bits per heavy atom. The van der Waals surface area contributed by atoms with Crippen molar-refractivity contribution < 1.29 is 14.3 Å². The Bertz CT molecular complexity index is 414. The van der Waals surface area contributed by atoms with E-state index < -0.39 is 11.5 Å². The molecular weight excluding hydrogens is 230 g/mol. The van der Waals surface area contributed by atoms with Gasteiger partial charge < -0.3 is 15.2 Å². The Kier molecular flexibility index (Phi) is 4.92. The number of carbonyl (C=O) groups excluding carboxylic acids is 1. The molecule has 98 valence electrons. The number of carbonyl (C=O) groups is 1. The molecule has 0 aliphatic carbocycles. The molecule has 0 saturated carbocycles. The topological polar surface area (TPSA) is 61.6 Å². The first kappa shape index (κ1) is 14.3. The molecular formula is C14H19NO3. The first-order valence-electron chi connectivity index (χ1n) is 5.80. The van der Waals surface area contributed by atoms with E-state index in [-0.39, 0.29) is 0 Å². The molecule has 1 aromatic carbocycles. The number of hydrogen-bond acceptors (Lipinski definition) is 4. The lowest BCUT2D eigenvalue weighted by molar-refractivity contribution is -0.147. The predicted molar refractivity (Wildman–Crippen MR) is 70.3 cm³/mol. The van der Waals surface area contributed by atoms with Crippen LogP contribution in [0.3, 0.4) is 0 Å². The highest BCUT2D eigenvalue weighted by molar-refractivity contribution is 5.82. The lowest BCUT2D eigenvalue weighted by Gasteiger charge is -2.25. The van der Waals surface area contributed by atoms with Crippen molar-refractivity contribution in [1.29, 1.82) is 0 Å². The molecule has 0 amide bonds. The van der Waals surface area contributed by atoms with Crippen molar-refractivity contribution in [2.24, 2.45) is 5.73 Å². The van der Waals surface area contributed by atoms with Gasteiger partial charge in [0.15, 0.2) is 0 Å². The van der Waals surface area contributed by atoms with E-state index in [0.29, 0.717) is 18.6 Å². The van der Waals surface area contributed by atoms with E-state index in [9.17, 15) is 4.79 Å². The van der Waals surface area contributed by atoms with Gasteiger partial charge in [0, 0.05) is 0 Å². The van der Waals surface area contributed by atoms with Crippen molar-refractivity contribution in [3.8, 4) is 5.75 Å². The van der Waals surface area contributed by atoms with Crippen LogP contribution in [0.2, 0.25) is 0 Å². The van der Waals surface area contributed by atoms with Crippen molar-refractivity contribution in [1.82, 2.24) is 0 Å². The molecule has 4 heteroatoms. The van der Waals surface area contributed by atoms with Gasteiger partial charge in [-0.25, -0.2) is 4.79 Å². The first-order chi connectivity index (χ1) is 8.58. The fraction of sp³-hybridized carbons (Fsp3) is 0.357. The lowest BCUT2D eigenvalue weighted by Crippen LogP contribution is -2.45. The van der Waals surface area contributed by atoms with Gasteiger partial charge >= 0.3 is 5.97 Å². The van der Waals surface area contributed by atoms with Crippen molar-refractivity contribution in [3.63, 3.8) is 0 Å². The lowest BCUT2D eigenvalue weighted by atomic mass is 9.87. The maximum Gasteiger partial charge on any atom is 0.330 e. The highest BCUT2D eigenvalue weighted by Gasteiger charge is 2.35. The molecule has 0 saturated heterocycles. The summed E-state index contributed by atoms with van der Waals surface area (Å²) in [5, 5.41) is 0. The number of ether oxygens (including phenoxy) is 2. The Morgan fingerprint density at radius 1 is 1.44 bits per heavy atom. The van der Waals surface area contributed by atoms with Crippen LogP contribution in [0.1, 0.15) is 18.9 Å². The highest BCUT2D eigenvalue weighted by Crippen LogP contribution is 2.26. The molecule has 1 aromatic rings. The number of hydrogen-bond donors (Lipinski definition) is 1. The molecule has 2 N–H and O–H groups in total. The molecule has 18 heavy (non-hydrogen) atoms. The molecule has 1 atom stereocenters. The van der Waals surface area contributed by atoms with Crippen LogP contribution in [0.15, 0.2) is 36.9 Å². The van der Waals surface area contributed by atoms with Crippen LogP contribution >= 0.6 is 0 Å². The molecule has 1 unspecified atom stereocenters. The van der Waals surface area contributed by atoms with Gasteiger partial charge in [-0.3, -0.25) is 0 Å². The van der Waals surface area contributed by atoms with E-state index in [1.165, 1.54) is 7.11 Å². The summed E-state index contributed by atoms with van der Waals surface area (Å²) in [4.78, 5) is 11.8. The Morgan fingerprint density at radius 3 is 2.50 bits per heavy atom. The summed E-state index contributed by atoms with van der Waals surface area (Å²) in [5.74, 6) is 0.263. The molecule has 0 aliphatic rings. The zero-order valence-corrected chi connectivity index (χ0v) is 10.8.